The second-order valence-corrected chi connectivity index (χ2v) is 21.1. The maximum absolute atomic E-state index is 14.7. The van der Waals surface area contributed by atoms with E-state index in [2.05, 4.69) is 51.9 Å². The molecule has 2 heterocycles. The average Bonchev–Trinajstić information content (AvgIpc) is 4.21. The summed E-state index contributed by atoms with van der Waals surface area (Å²) in [5.74, 6) is -6.94. The fourth-order valence-electron chi connectivity index (χ4n) is 10.00. The number of hydrogen-bond donors (Lipinski definition) is 14. The summed E-state index contributed by atoms with van der Waals surface area (Å²) in [5, 5.41) is 36.4. The van der Waals surface area contributed by atoms with Crippen molar-refractivity contribution < 1.29 is 48.6 Å². The topological polar surface area (TPSA) is 436 Å². The molecule has 2 aromatic carbocycles. The molecular formula is C55H82N16O10. The second-order valence-electron chi connectivity index (χ2n) is 21.1. The van der Waals surface area contributed by atoms with Crippen LogP contribution in [0.5, 0.6) is 5.75 Å². The zero-order valence-electron chi connectivity index (χ0n) is 46.2. The Kier molecular flexibility index (Phi) is 25.2. The number of nitrogens with one attached hydrogen (secondary N) is 7. The van der Waals surface area contributed by atoms with Gasteiger partial charge in [0.15, 0.2) is 11.9 Å². The number of likely N-dealkylation sites (tertiary alicyclic amines) is 1. The number of nitrogens with two attached hydrogens (primary N) is 5. The van der Waals surface area contributed by atoms with Gasteiger partial charge in [-0.1, -0.05) is 88.4 Å². The summed E-state index contributed by atoms with van der Waals surface area (Å²) in [7, 11) is 0. The van der Waals surface area contributed by atoms with Crippen molar-refractivity contribution in [3.8, 4) is 5.75 Å². The number of aliphatic carboxylic acids is 1. The zero-order chi connectivity index (χ0) is 59.0. The highest BCUT2D eigenvalue weighted by Gasteiger charge is 2.41. The molecule has 5 rings (SSSR count). The van der Waals surface area contributed by atoms with Crippen LogP contribution in [0.15, 0.2) is 77.1 Å². The normalized spacial score (nSPS) is 16.9. The Labute approximate surface area is 471 Å². The predicted octanol–water partition coefficient (Wildman–Crippen LogP) is -0.812. The fraction of sp³-hybridized carbons (Fsp3) is 0.545. The molecule has 2 fully saturated rings. The highest BCUT2D eigenvalue weighted by molar-refractivity contribution is 5.98. The van der Waals surface area contributed by atoms with E-state index in [4.69, 9.17) is 28.7 Å². The summed E-state index contributed by atoms with van der Waals surface area (Å²) in [6, 6.07) is 5.28. The van der Waals surface area contributed by atoms with E-state index in [-0.39, 0.29) is 94.6 Å². The minimum atomic E-state index is -1.44. The smallest absolute Gasteiger partial charge is 0.326 e. The number of amides is 7. The van der Waals surface area contributed by atoms with Crippen LogP contribution in [0, 0.1) is 11.8 Å². The van der Waals surface area contributed by atoms with E-state index >= 15 is 0 Å². The minimum absolute atomic E-state index is 0.0272. The Morgan fingerprint density at radius 2 is 1.21 bits per heavy atom. The van der Waals surface area contributed by atoms with Gasteiger partial charge in [-0.15, -0.1) is 0 Å². The first-order chi connectivity index (χ1) is 38.7. The van der Waals surface area contributed by atoms with Gasteiger partial charge in [0.1, 0.15) is 48.0 Å². The number of aromatic nitrogens is 2. The van der Waals surface area contributed by atoms with E-state index in [1.807, 2.05) is 30.3 Å². The highest BCUT2D eigenvalue weighted by Crippen LogP contribution is 2.28. The average molecular weight is 1130 g/mol. The van der Waals surface area contributed by atoms with Crippen molar-refractivity contribution >= 4 is 59.2 Å². The highest BCUT2D eigenvalue weighted by atomic mass is 16.4. The number of guanidine groups is 2. The summed E-state index contributed by atoms with van der Waals surface area (Å²) in [5.41, 5.74) is 30.2. The number of aliphatic imine (C=N–C) groups is 2. The molecule has 0 bridgehead atoms. The molecule has 7 amide bonds. The Morgan fingerprint density at radius 3 is 1.79 bits per heavy atom. The lowest BCUT2D eigenvalue weighted by Crippen LogP contribution is -2.61. The summed E-state index contributed by atoms with van der Waals surface area (Å²) in [6.07, 6.45) is 8.58. The van der Waals surface area contributed by atoms with Gasteiger partial charge in [-0.2, -0.15) is 0 Å². The molecule has 8 atom stereocenters. The molecule has 442 valence electrons. The number of phenols is 1. The van der Waals surface area contributed by atoms with Crippen molar-refractivity contribution in [3.63, 3.8) is 0 Å². The maximum Gasteiger partial charge on any atom is 0.326 e. The van der Waals surface area contributed by atoms with Crippen molar-refractivity contribution in [1.29, 1.82) is 0 Å². The number of nitrogens with zero attached hydrogens (tertiary/aromatic N) is 4. The molecule has 1 aliphatic carbocycles. The lowest BCUT2D eigenvalue weighted by atomic mass is 9.84. The van der Waals surface area contributed by atoms with Crippen LogP contribution in [0.3, 0.4) is 0 Å². The summed E-state index contributed by atoms with van der Waals surface area (Å²) in [4.78, 5) is 129. The van der Waals surface area contributed by atoms with Crippen molar-refractivity contribution in [3.05, 3.63) is 83.9 Å². The number of hydrogen-bond acceptors (Lipinski definition) is 13. The number of rotatable bonds is 31. The number of imidazole rings is 1. The molecule has 1 aromatic heterocycles. The van der Waals surface area contributed by atoms with Crippen molar-refractivity contribution in [2.45, 2.75) is 158 Å². The van der Waals surface area contributed by atoms with Crippen molar-refractivity contribution in [1.82, 2.24) is 46.8 Å². The van der Waals surface area contributed by atoms with Gasteiger partial charge in [0.25, 0.3) is 0 Å². The van der Waals surface area contributed by atoms with Gasteiger partial charge in [-0.25, -0.2) is 9.78 Å². The maximum atomic E-state index is 14.7. The first-order valence-corrected chi connectivity index (χ1v) is 27.7. The molecule has 0 unspecified atom stereocenters. The van der Waals surface area contributed by atoms with Gasteiger partial charge < -0.3 is 80.7 Å². The number of carbonyl (C=O) groups is 8. The standard InChI is InChI=1S/C55H82N16O10/c1-32(2)45(70-48(75)40(17-10-24-63-55(59)60)65-46(73)38(56)26-33-12-5-3-6-13-33)52(79)71-25-11-18-44(71)51(78)68-41(27-34-14-7-4-8-15-34)49(76)67-42(29-36-30-61-31-64-36)50(77)66-39(16-9-23-62-54(57)58)47(74)69-43(53(80)81)28-35-19-21-37(72)22-20-35/h3,5-6,12-13,19-22,30-32,34,38-45,72H,4,7-11,14-18,23-29,56H2,1-2H3,(H,61,64)(H,65,73)(H,66,77)(H,67,76)(H,68,78)(H,69,74)(H,70,75)(H,80,81)(H4,57,58,62)(H4,59,60,63)/t38-,39+,40+,41+,42+,43+,44+,45+/m1/s1. The molecular weight excluding hydrogens is 1040 g/mol. The molecule has 0 radical (unpaired) electrons. The number of phenolic OH excluding ortho intramolecular Hbond substituents is 1. The molecule has 1 aliphatic heterocycles. The molecule has 26 nitrogen and oxygen atoms in total. The third kappa shape index (κ3) is 21.0. The van der Waals surface area contributed by atoms with Crippen LogP contribution < -0.4 is 60.6 Å². The molecule has 1 saturated heterocycles. The van der Waals surface area contributed by atoms with Gasteiger partial charge >= 0.3 is 5.97 Å². The first-order valence-electron chi connectivity index (χ1n) is 27.7. The third-order valence-corrected chi connectivity index (χ3v) is 14.4. The largest absolute Gasteiger partial charge is 0.508 e. The monoisotopic (exact) mass is 1130 g/mol. The number of aromatic hydroxyl groups is 1. The van der Waals surface area contributed by atoms with E-state index in [1.165, 1.54) is 41.7 Å². The lowest BCUT2D eigenvalue weighted by Gasteiger charge is -2.33. The van der Waals surface area contributed by atoms with Crippen LogP contribution in [-0.4, -0.2) is 152 Å². The fourth-order valence-corrected chi connectivity index (χ4v) is 10.00. The van der Waals surface area contributed by atoms with E-state index in [9.17, 15) is 48.6 Å². The van der Waals surface area contributed by atoms with Gasteiger partial charge in [0.2, 0.25) is 41.4 Å². The molecule has 81 heavy (non-hydrogen) atoms. The van der Waals surface area contributed by atoms with Crippen LogP contribution in [0.25, 0.3) is 0 Å². The number of aromatic amines is 1. The van der Waals surface area contributed by atoms with Crippen molar-refractivity contribution in [2.24, 2.45) is 50.5 Å². The van der Waals surface area contributed by atoms with Gasteiger partial charge in [0, 0.05) is 44.4 Å². The first kappa shape index (κ1) is 63.5. The Morgan fingerprint density at radius 1 is 0.654 bits per heavy atom. The second kappa shape index (κ2) is 32.1. The number of H-pyrrole nitrogens is 1. The quantitative estimate of drug-likeness (QED) is 0.0213. The van der Waals surface area contributed by atoms with Crippen LogP contribution in [0.4, 0.5) is 0 Å². The minimum Gasteiger partial charge on any atom is -0.508 e. The van der Waals surface area contributed by atoms with Crippen LogP contribution in [-0.2, 0) is 57.6 Å². The molecule has 19 N–H and O–H groups in total. The number of carboxylic acid groups (broad SMARTS) is 1. The van der Waals surface area contributed by atoms with E-state index in [0.717, 1.165) is 37.7 Å². The Bertz CT molecular complexity index is 2610. The molecule has 2 aliphatic rings. The summed E-state index contributed by atoms with van der Waals surface area (Å²) < 4.78 is 0. The molecule has 26 heteroatoms. The Balaban J connectivity index is 1.34. The number of carboxylic acids is 1. The zero-order valence-corrected chi connectivity index (χ0v) is 46.2. The SMILES string of the molecule is CC(C)[C@H](NC(=O)[C@H](CCCN=C(N)N)NC(=O)[C@H](N)Cc1ccccc1)C(=O)N1CCC[C@H]1C(=O)N[C@@H](CC1CCCCC1)C(=O)N[C@@H](Cc1cnc[nH]1)C(=O)N[C@@H](CCCN=C(N)N)C(=O)N[C@@H](Cc1ccc(O)cc1)C(=O)O. The van der Waals surface area contributed by atoms with Crippen LogP contribution in [0.1, 0.15) is 108 Å². The third-order valence-electron chi connectivity index (χ3n) is 14.4. The van der Waals surface area contributed by atoms with E-state index in [0.29, 0.717) is 24.1 Å². The van der Waals surface area contributed by atoms with Crippen molar-refractivity contribution in [2.75, 3.05) is 19.6 Å². The number of benzene rings is 2. The summed E-state index contributed by atoms with van der Waals surface area (Å²) >= 11 is 0. The van der Waals surface area contributed by atoms with Gasteiger partial charge in [-0.3, -0.25) is 43.5 Å². The molecule has 1 saturated carbocycles. The van der Waals surface area contributed by atoms with Gasteiger partial charge in [-0.05, 0) is 86.5 Å². The predicted molar refractivity (Wildman–Crippen MR) is 302 cm³/mol. The molecule has 3 aromatic rings. The number of carbonyl (C=O) groups excluding carboxylic acids is 7. The van der Waals surface area contributed by atoms with Crippen LogP contribution >= 0.6 is 0 Å². The van der Waals surface area contributed by atoms with Gasteiger partial charge in [0.05, 0.1) is 12.4 Å². The van der Waals surface area contributed by atoms with E-state index in [1.54, 1.807) is 13.8 Å². The summed E-state index contributed by atoms with van der Waals surface area (Å²) in [6.45, 7) is 3.88. The van der Waals surface area contributed by atoms with Crippen LogP contribution in [0.2, 0.25) is 0 Å². The Hall–Kier alpha value is -8.29. The lowest BCUT2D eigenvalue weighted by molar-refractivity contribution is -0.143. The molecule has 0 spiro atoms. The van der Waals surface area contributed by atoms with E-state index < -0.39 is 102 Å².